The highest BCUT2D eigenvalue weighted by Crippen LogP contribution is 2.57. The van der Waals surface area contributed by atoms with Crippen molar-refractivity contribution in [1.82, 2.24) is 9.80 Å². The van der Waals surface area contributed by atoms with Crippen LogP contribution < -0.4 is 0 Å². The van der Waals surface area contributed by atoms with E-state index in [0.717, 1.165) is 19.3 Å². The summed E-state index contributed by atoms with van der Waals surface area (Å²) in [6.07, 6.45) is 10.00. The highest BCUT2D eigenvalue weighted by molar-refractivity contribution is 5.99. The van der Waals surface area contributed by atoms with Crippen molar-refractivity contribution in [2.45, 2.75) is 69.7 Å². The number of carbonyl (C=O) groups is 3. The molecule has 0 aliphatic carbocycles. The Balaban J connectivity index is 1.87. The van der Waals surface area contributed by atoms with Crippen molar-refractivity contribution in [3.63, 3.8) is 0 Å². The third-order valence-corrected chi connectivity index (χ3v) is 7.15. The summed E-state index contributed by atoms with van der Waals surface area (Å²) in [6.45, 7) is 8.01. The molecule has 1 unspecified atom stereocenters. The molecule has 32 heavy (non-hydrogen) atoms. The van der Waals surface area contributed by atoms with Crippen LogP contribution in [0.2, 0.25) is 0 Å². The second kappa shape index (κ2) is 7.99. The Morgan fingerprint density at radius 1 is 1.09 bits per heavy atom. The topological polar surface area (TPSA) is 96.4 Å². The summed E-state index contributed by atoms with van der Waals surface area (Å²) in [6, 6.07) is -0.958. The molecule has 1 spiro atoms. The fourth-order valence-electron chi connectivity index (χ4n) is 5.75. The van der Waals surface area contributed by atoms with E-state index in [1.54, 1.807) is 17.9 Å². The minimum absolute atomic E-state index is 0.00298. The van der Waals surface area contributed by atoms with Crippen molar-refractivity contribution >= 4 is 17.8 Å². The first-order valence-corrected chi connectivity index (χ1v) is 11.5. The zero-order valence-corrected chi connectivity index (χ0v) is 19.4. The van der Waals surface area contributed by atoms with E-state index in [2.05, 4.69) is 0 Å². The molecule has 2 saturated heterocycles. The molecule has 0 aromatic carbocycles. The Morgan fingerprint density at radius 3 is 2.53 bits per heavy atom. The Labute approximate surface area is 189 Å². The number of esters is 1. The molecule has 1 N–H and O–H groups in total. The lowest BCUT2D eigenvalue weighted by Gasteiger charge is -2.41. The number of allylic oxidation sites excluding steroid dienone is 1. The van der Waals surface area contributed by atoms with E-state index >= 15 is 0 Å². The van der Waals surface area contributed by atoms with Crippen LogP contribution in [0.5, 0.6) is 0 Å². The highest BCUT2D eigenvalue weighted by Gasteiger charge is 2.74. The smallest absolute Gasteiger partial charge is 0.313 e. The first kappa shape index (κ1) is 23.0. The van der Waals surface area contributed by atoms with Crippen LogP contribution in [0.25, 0.3) is 0 Å². The number of nitrogens with zero attached hydrogens (tertiary/aromatic N) is 2. The molecule has 8 nitrogen and oxygen atoms in total. The fourth-order valence-corrected chi connectivity index (χ4v) is 5.75. The molecular weight excluding hydrogens is 412 g/mol. The monoisotopic (exact) mass is 446 g/mol. The zero-order valence-electron chi connectivity index (χ0n) is 19.4. The number of aliphatic hydroxyl groups is 1. The van der Waals surface area contributed by atoms with E-state index in [1.807, 2.05) is 39.0 Å². The zero-order chi connectivity index (χ0) is 23.3. The van der Waals surface area contributed by atoms with Crippen molar-refractivity contribution in [3.05, 3.63) is 24.3 Å². The van der Waals surface area contributed by atoms with Crippen LogP contribution in [-0.2, 0) is 23.9 Å². The van der Waals surface area contributed by atoms with Gasteiger partial charge in [-0.25, -0.2) is 0 Å². The normalized spacial score (nSPS) is 38.7. The molecule has 4 rings (SSSR count). The second-order valence-electron chi connectivity index (χ2n) is 10.3. The van der Waals surface area contributed by atoms with Crippen LogP contribution in [0.3, 0.4) is 0 Å². The Kier molecular flexibility index (Phi) is 5.74. The Hall–Kier alpha value is -2.19. The first-order chi connectivity index (χ1) is 15.1. The van der Waals surface area contributed by atoms with Crippen molar-refractivity contribution in [2.75, 3.05) is 26.3 Å². The SMILES string of the molecule is CC(C)(C)N1CC=C[C@]23O[C@@]4(C)/C=C\CCCCOC(=O)[C@H]4[C@H]2C(=O)N(CCO)C3C1=O. The molecule has 0 aromatic heterocycles. The number of aliphatic hydroxyl groups excluding tert-OH is 1. The van der Waals surface area contributed by atoms with Gasteiger partial charge in [-0.2, -0.15) is 0 Å². The third kappa shape index (κ3) is 3.39. The maximum atomic E-state index is 13.9. The molecule has 2 fully saturated rings. The number of carbonyl (C=O) groups excluding carboxylic acids is 3. The number of rotatable bonds is 2. The molecule has 0 bridgehead atoms. The number of hydrogen-bond donors (Lipinski definition) is 1. The van der Waals surface area contributed by atoms with Gasteiger partial charge in [-0.1, -0.05) is 24.3 Å². The maximum Gasteiger partial charge on any atom is 0.313 e. The molecule has 176 valence electrons. The van der Waals surface area contributed by atoms with Crippen LogP contribution >= 0.6 is 0 Å². The van der Waals surface area contributed by atoms with E-state index in [9.17, 15) is 19.5 Å². The second-order valence-corrected chi connectivity index (χ2v) is 10.3. The standard InChI is InChI=1S/C24H34N2O6/c1-22(2,3)26-12-9-11-24-16(19(28)25(13-14-27)18(24)20(26)29)17-21(30)31-15-8-6-5-7-10-23(17,4)32-24/h7,9-11,16-18,27H,5-6,8,12-15H2,1-4H3/b10-7-/t16-,17+,18?,23-,24-/m0/s1. The van der Waals surface area contributed by atoms with Gasteiger partial charge in [0.2, 0.25) is 11.8 Å². The van der Waals surface area contributed by atoms with Gasteiger partial charge in [-0.3, -0.25) is 14.4 Å². The molecule has 4 aliphatic heterocycles. The summed E-state index contributed by atoms with van der Waals surface area (Å²) in [5.41, 5.74) is -2.86. The van der Waals surface area contributed by atoms with E-state index < -0.39 is 40.6 Å². The highest BCUT2D eigenvalue weighted by atomic mass is 16.6. The minimum Gasteiger partial charge on any atom is -0.465 e. The summed E-state index contributed by atoms with van der Waals surface area (Å²) >= 11 is 0. The Morgan fingerprint density at radius 2 is 1.84 bits per heavy atom. The van der Waals surface area contributed by atoms with Crippen LogP contribution in [0.4, 0.5) is 0 Å². The predicted octanol–water partition coefficient (Wildman–Crippen LogP) is 1.43. The van der Waals surface area contributed by atoms with Gasteiger partial charge < -0.3 is 24.4 Å². The lowest BCUT2D eigenvalue weighted by atomic mass is 9.74. The van der Waals surface area contributed by atoms with Gasteiger partial charge in [0.05, 0.1) is 24.7 Å². The number of likely N-dealkylation sites (tertiary alicyclic amines) is 1. The maximum absolute atomic E-state index is 13.9. The molecular formula is C24H34N2O6. The van der Waals surface area contributed by atoms with Gasteiger partial charge in [0, 0.05) is 18.6 Å². The van der Waals surface area contributed by atoms with Crippen molar-refractivity contribution in [1.29, 1.82) is 0 Å². The van der Waals surface area contributed by atoms with Crippen LogP contribution in [-0.4, -0.2) is 81.8 Å². The molecule has 0 aromatic rings. The van der Waals surface area contributed by atoms with Gasteiger partial charge in [0.1, 0.15) is 17.6 Å². The van der Waals surface area contributed by atoms with Gasteiger partial charge in [0.15, 0.2) is 0 Å². The number of hydrogen-bond acceptors (Lipinski definition) is 6. The molecule has 4 heterocycles. The molecule has 0 radical (unpaired) electrons. The van der Waals surface area contributed by atoms with Gasteiger partial charge in [-0.05, 0) is 47.0 Å². The van der Waals surface area contributed by atoms with Crippen LogP contribution in [0.15, 0.2) is 24.3 Å². The van der Waals surface area contributed by atoms with Crippen LogP contribution in [0.1, 0.15) is 47.0 Å². The number of amides is 2. The van der Waals surface area contributed by atoms with E-state index in [1.165, 1.54) is 4.90 Å². The van der Waals surface area contributed by atoms with Crippen molar-refractivity contribution in [2.24, 2.45) is 11.8 Å². The van der Waals surface area contributed by atoms with E-state index in [4.69, 9.17) is 9.47 Å². The average Bonchev–Trinajstić information content (AvgIpc) is 3.01. The summed E-state index contributed by atoms with van der Waals surface area (Å²) in [5.74, 6) is -2.85. The lowest BCUT2D eigenvalue weighted by Crippen LogP contribution is -2.59. The first-order valence-electron chi connectivity index (χ1n) is 11.5. The molecule has 0 saturated carbocycles. The molecule has 2 amide bonds. The van der Waals surface area contributed by atoms with Crippen LogP contribution in [0, 0.1) is 11.8 Å². The van der Waals surface area contributed by atoms with E-state index in [0.29, 0.717) is 13.2 Å². The fraction of sp³-hybridized carbons (Fsp3) is 0.708. The number of ether oxygens (including phenoxy) is 2. The third-order valence-electron chi connectivity index (χ3n) is 7.15. The van der Waals surface area contributed by atoms with Gasteiger partial charge in [0.25, 0.3) is 0 Å². The number of cyclic esters (lactones) is 1. The average molecular weight is 447 g/mol. The summed E-state index contributed by atoms with van der Waals surface area (Å²) in [4.78, 5) is 44.0. The minimum atomic E-state index is -1.31. The molecule has 5 atom stereocenters. The number of β-amino-alcohol motifs (C(OH)–C–C–N with tert-alkyl or cyclic N) is 1. The summed E-state index contributed by atoms with van der Waals surface area (Å²) < 4.78 is 12.2. The molecule has 8 heteroatoms. The molecule has 4 aliphatic rings. The van der Waals surface area contributed by atoms with Gasteiger partial charge >= 0.3 is 5.97 Å². The van der Waals surface area contributed by atoms with E-state index in [-0.39, 0.29) is 25.0 Å². The lowest BCUT2D eigenvalue weighted by molar-refractivity contribution is -0.161. The quantitative estimate of drug-likeness (QED) is 0.509. The largest absolute Gasteiger partial charge is 0.465 e. The summed E-state index contributed by atoms with van der Waals surface area (Å²) in [5, 5.41) is 9.68. The Bertz CT molecular complexity index is 861. The number of fused-ring (bicyclic) bond motifs is 2. The van der Waals surface area contributed by atoms with Crippen molar-refractivity contribution < 1.29 is 29.0 Å². The van der Waals surface area contributed by atoms with Crippen molar-refractivity contribution in [3.8, 4) is 0 Å². The predicted molar refractivity (Wildman–Crippen MR) is 116 cm³/mol. The van der Waals surface area contributed by atoms with Gasteiger partial charge in [-0.15, -0.1) is 0 Å². The summed E-state index contributed by atoms with van der Waals surface area (Å²) in [7, 11) is 0.